The van der Waals surface area contributed by atoms with Crippen molar-refractivity contribution >= 4 is 5.91 Å². The van der Waals surface area contributed by atoms with Gasteiger partial charge < -0.3 is 20.4 Å². The van der Waals surface area contributed by atoms with Gasteiger partial charge in [-0.2, -0.15) is 0 Å². The molecule has 0 bridgehead atoms. The van der Waals surface area contributed by atoms with Crippen LogP contribution >= 0.6 is 0 Å². The van der Waals surface area contributed by atoms with Crippen LogP contribution in [0.5, 0.6) is 0 Å². The molecule has 0 spiro atoms. The summed E-state index contributed by atoms with van der Waals surface area (Å²) in [5.74, 6) is 0.0387. The van der Waals surface area contributed by atoms with E-state index in [1.165, 1.54) is 0 Å². The van der Waals surface area contributed by atoms with Crippen molar-refractivity contribution in [2.24, 2.45) is 5.92 Å². The zero-order chi connectivity index (χ0) is 12.0. The Hall–Kier alpha value is -0.650. The van der Waals surface area contributed by atoms with E-state index in [-0.39, 0.29) is 25.0 Å². The van der Waals surface area contributed by atoms with Crippen molar-refractivity contribution in [1.82, 2.24) is 10.2 Å². The third-order valence-electron chi connectivity index (χ3n) is 3.06. The van der Waals surface area contributed by atoms with Crippen molar-refractivity contribution < 1.29 is 15.0 Å². The van der Waals surface area contributed by atoms with Gasteiger partial charge in [0.05, 0.1) is 19.1 Å². The number of carbonyl (C=O) groups is 1. The van der Waals surface area contributed by atoms with Gasteiger partial charge in [-0.05, 0) is 19.8 Å². The van der Waals surface area contributed by atoms with E-state index >= 15 is 0 Å². The first-order valence-electron chi connectivity index (χ1n) is 5.93. The molecular weight excluding hydrogens is 208 g/mol. The van der Waals surface area contributed by atoms with Crippen molar-refractivity contribution in [3.63, 3.8) is 0 Å². The number of carbonyl (C=O) groups excluding carboxylic acids is 1. The fourth-order valence-corrected chi connectivity index (χ4v) is 2.04. The molecule has 5 nitrogen and oxygen atoms in total. The molecule has 0 aromatic heterocycles. The molecular formula is C11H22N2O3. The van der Waals surface area contributed by atoms with E-state index in [0.717, 1.165) is 12.8 Å². The van der Waals surface area contributed by atoms with Crippen molar-refractivity contribution in [2.75, 3.05) is 32.8 Å². The quantitative estimate of drug-likeness (QED) is 0.577. The summed E-state index contributed by atoms with van der Waals surface area (Å²) in [6.07, 6.45) is 1.89. The average Bonchev–Trinajstić information content (AvgIpc) is 2.29. The minimum absolute atomic E-state index is 0.00528. The molecule has 1 aliphatic rings. The molecule has 5 heteroatoms. The lowest BCUT2D eigenvalue weighted by atomic mass is 9.94. The van der Waals surface area contributed by atoms with Gasteiger partial charge in [-0.1, -0.05) is 0 Å². The predicted molar refractivity (Wildman–Crippen MR) is 60.9 cm³/mol. The maximum atomic E-state index is 12.0. The molecule has 0 aromatic carbocycles. The van der Waals surface area contributed by atoms with Gasteiger partial charge in [0.25, 0.3) is 0 Å². The van der Waals surface area contributed by atoms with Crippen LogP contribution in [-0.2, 0) is 4.79 Å². The summed E-state index contributed by atoms with van der Waals surface area (Å²) in [5.41, 5.74) is 0. The minimum atomic E-state index is -0.0533. The highest BCUT2D eigenvalue weighted by molar-refractivity contribution is 5.79. The van der Waals surface area contributed by atoms with Gasteiger partial charge in [-0.25, -0.2) is 0 Å². The van der Waals surface area contributed by atoms with Gasteiger partial charge in [0.2, 0.25) is 5.91 Å². The summed E-state index contributed by atoms with van der Waals surface area (Å²) in [4.78, 5) is 13.6. The molecule has 1 aliphatic heterocycles. The summed E-state index contributed by atoms with van der Waals surface area (Å²) in [6, 6.07) is 0.480. The van der Waals surface area contributed by atoms with Crippen molar-refractivity contribution in [3.8, 4) is 0 Å². The Morgan fingerprint density at radius 3 is 2.38 bits per heavy atom. The first-order valence-corrected chi connectivity index (χ1v) is 5.93. The molecule has 0 saturated carbocycles. The lowest BCUT2D eigenvalue weighted by Crippen LogP contribution is -2.47. The molecule has 3 N–H and O–H groups in total. The second-order valence-electron chi connectivity index (χ2n) is 4.36. The van der Waals surface area contributed by atoms with Gasteiger partial charge in [-0.3, -0.25) is 4.79 Å². The van der Waals surface area contributed by atoms with Crippen LogP contribution in [-0.4, -0.2) is 59.9 Å². The second kappa shape index (κ2) is 6.83. The fraction of sp³-hybridized carbons (Fsp3) is 0.909. The van der Waals surface area contributed by atoms with E-state index in [1.807, 2.05) is 0 Å². The molecule has 0 radical (unpaired) electrons. The highest BCUT2D eigenvalue weighted by Gasteiger charge is 2.27. The maximum absolute atomic E-state index is 12.0. The first kappa shape index (κ1) is 13.4. The second-order valence-corrected chi connectivity index (χ2v) is 4.36. The van der Waals surface area contributed by atoms with Gasteiger partial charge >= 0.3 is 0 Å². The van der Waals surface area contributed by atoms with Crippen LogP contribution in [0.4, 0.5) is 0 Å². The van der Waals surface area contributed by atoms with E-state index in [4.69, 9.17) is 10.2 Å². The molecule has 1 amide bonds. The van der Waals surface area contributed by atoms with Crippen LogP contribution in [0.15, 0.2) is 0 Å². The van der Waals surface area contributed by atoms with Crippen LogP contribution < -0.4 is 5.32 Å². The minimum Gasteiger partial charge on any atom is -0.395 e. The van der Waals surface area contributed by atoms with Crippen molar-refractivity contribution in [1.29, 1.82) is 0 Å². The Labute approximate surface area is 96.4 Å². The zero-order valence-electron chi connectivity index (χ0n) is 9.85. The predicted octanol–water partition coefficient (Wildman–Crippen LogP) is -0.812. The van der Waals surface area contributed by atoms with Gasteiger partial charge in [0.15, 0.2) is 0 Å². The lowest BCUT2D eigenvalue weighted by molar-refractivity contribution is -0.137. The summed E-state index contributed by atoms with van der Waals surface area (Å²) >= 11 is 0. The van der Waals surface area contributed by atoms with E-state index in [9.17, 15) is 4.79 Å². The molecule has 94 valence electrons. The summed E-state index contributed by atoms with van der Waals surface area (Å²) in [6.45, 7) is 3.33. The molecule has 1 saturated heterocycles. The summed E-state index contributed by atoms with van der Waals surface area (Å²) in [7, 11) is 0. The van der Waals surface area contributed by atoms with Crippen LogP contribution in [0.3, 0.4) is 0 Å². The number of rotatable bonds is 5. The average molecular weight is 230 g/mol. The van der Waals surface area contributed by atoms with Crippen LogP contribution in [0, 0.1) is 5.92 Å². The zero-order valence-corrected chi connectivity index (χ0v) is 9.85. The van der Waals surface area contributed by atoms with Crippen molar-refractivity contribution in [2.45, 2.75) is 25.8 Å². The van der Waals surface area contributed by atoms with E-state index < -0.39 is 0 Å². The van der Waals surface area contributed by atoms with E-state index in [1.54, 1.807) is 4.90 Å². The Morgan fingerprint density at radius 2 is 1.94 bits per heavy atom. The number of hydrogen-bond donors (Lipinski definition) is 3. The van der Waals surface area contributed by atoms with Crippen LogP contribution in [0.2, 0.25) is 0 Å². The number of aliphatic hydroxyl groups is 2. The molecule has 1 fully saturated rings. The topological polar surface area (TPSA) is 72.8 Å². The summed E-state index contributed by atoms with van der Waals surface area (Å²) in [5, 5.41) is 21.0. The van der Waals surface area contributed by atoms with Gasteiger partial charge in [0, 0.05) is 25.7 Å². The maximum Gasteiger partial charge on any atom is 0.227 e. The Morgan fingerprint density at radius 1 is 1.31 bits per heavy atom. The number of amides is 1. The van der Waals surface area contributed by atoms with Gasteiger partial charge in [-0.15, -0.1) is 0 Å². The number of nitrogens with zero attached hydrogens (tertiary/aromatic N) is 1. The van der Waals surface area contributed by atoms with Crippen molar-refractivity contribution in [3.05, 3.63) is 0 Å². The van der Waals surface area contributed by atoms with Crippen LogP contribution in [0.25, 0.3) is 0 Å². The monoisotopic (exact) mass is 230 g/mol. The molecule has 2 atom stereocenters. The van der Waals surface area contributed by atoms with E-state index in [2.05, 4.69) is 12.2 Å². The Kier molecular flexibility index (Phi) is 5.73. The third kappa shape index (κ3) is 3.73. The Balaban J connectivity index is 2.46. The van der Waals surface area contributed by atoms with Crippen LogP contribution in [0.1, 0.15) is 19.8 Å². The normalized spacial score (nSPS) is 25.4. The molecule has 1 heterocycles. The molecule has 0 aliphatic carbocycles. The number of piperidine rings is 1. The molecule has 16 heavy (non-hydrogen) atoms. The molecule has 2 unspecified atom stereocenters. The largest absolute Gasteiger partial charge is 0.395 e. The van der Waals surface area contributed by atoms with Gasteiger partial charge in [0.1, 0.15) is 0 Å². The number of aliphatic hydroxyl groups excluding tert-OH is 2. The SMILES string of the molecule is CC1CCC(C(=O)N(CCO)CCO)CN1. The highest BCUT2D eigenvalue weighted by Crippen LogP contribution is 2.16. The molecule has 0 aromatic rings. The highest BCUT2D eigenvalue weighted by atomic mass is 16.3. The number of nitrogens with one attached hydrogen (secondary N) is 1. The summed E-state index contributed by atoms with van der Waals surface area (Å²) < 4.78 is 0. The lowest BCUT2D eigenvalue weighted by Gasteiger charge is -2.31. The fourth-order valence-electron chi connectivity index (χ4n) is 2.04. The third-order valence-corrected chi connectivity index (χ3v) is 3.06. The standard InChI is InChI=1S/C11H22N2O3/c1-9-2-3-10(8-12-9)11(16)13(4-6-14)5-7-15/h9-10,12,14-15H,2-8H2,1H3. The Bertz CT molecular complexity index is 209. The number of hydrogen-bond acceptors (Lipinski definition) is 4. The molecule has 1 rings (SSSR count). The first-order chi connectivity index (χ1) is 7.69. The van der Waals surface area contributed by atoms with E-state index in [0.29, 0.717) is 25.7 Å². The smallest absolute Gasteiger partial charge is 0.227 e.